The van der Waals surface area contributed by atoms with Gasteiger partial charge in [-0.1, -0.05) is 229 Å². The zero-order valence-corrected chi connectivity index (χ0v) is 49.0. The molecule has 0 spiro atoms. The molecule has 6 unspecified atom stereocenters. The highest BCUT2D eigenvalue weighted by Crippen LogP contribution is 2.26. The number of rotatable bonds is 53. The minimum Gasteiger partial charge on any atom is -0.479 e. The monoisotopic (exact) mass is 1080 g/mol. The van der Waals surface area contributed by atoms with Gasteiger partial charge in [0.25, 0.3) is 0 Å². The number of ether oxygens (including phenoxy) is 5. The van der Waals surface area contributed by atoms with Crippen LogP contribution >= 0.6 is 0 Å². The lowest BCUT2D eigenvalue weighted by atomic mass is 9.98. The molecular weight excluding hydrogens is 973 g/mol. The highest BCUT2D eigenvalue weighted by Gasteiger charge is 2.50. The Morgan fingerprint density at radius 3 is 1.21 bits per heavy atom. The van der Waals surface area contributed by atoms with Crippen LogP contribution in [0, 0.1) is 0 Å². The number of allylic oxidation sites excluding steroid dienone is 10. The lowest BCUT2D eigenvalue weighted by Gasteiger charge is -2.40. The summed E-state index contributed by atoms with van der Waals surface area (Å²) in [6, 6.07) is 0. The summed E-state index contributed by atoms with van der Waals surface area (Å²) in [4.78, 5) is 51.1. The van der Waals surface area contributed by atoms with E-state index in [1.165, 1.54) is 116 Å². The average molecular weight is 1090 g/mol. The fourth-order valence-corrected chi connectivity index (χ4v) is 9.23. The van der Waals surface area contributed by atoms with Crippen molar-refractivity contribution in [2.24, 2.45) is 0 Å². The molecule has 0 bridgehead atoms. The van der Waals surface area contributed by atoms with Crippen molar-refractivity contribution >= 4 is 23.9 Å². The molecule has 0 aromatic rings. The van der Waals surface area contributed by atoms with Crippen LogP contribution in [-0.2, 0) is 42.9 Å². The number of aliphatic hydroxyl groups is 2. The van der Waals surface area contributed by atoms with Crippen LogP contribution < -0.4 is 0 Å². The van der Waals surface area contributed by atoms with Gasteiger partial charge in [-0.2, -0.15) is 0 Å². The van der Waals surface area contributed by atoms with Crippen LogP contribution in [0.2, 0.25) is 0 Å². The first-order valence-corrected chi connectivity index (χ1v) is 31.3. The largest absolute Gasteiger partial charge is 0.479 e. The summed E-state index contributed by atoms with van der Waals surface area (Å²) in [6.45, 7) is 5.93. The summed E-state index contributed by atoms with van der Waals surface area (Å²) in [5, 5.41) is 31.5. The quantitative estimate of drug-likeness (QED) is 0.0228. The number of esters is 3. The number of carbonyl (C=O) groups excluding carboxylic acids is 3. The van der Waals surface area contributed by atoms with Crippen LogP contribution in [0.3, 0.4) is 0 Å². The third-order valence-electron chi connectivity index (χ3n) is 14.1. The molecule has 1 aliphatic rings. The molecular formula is C65H112O12. The van der Waals surface area contributed by atoms with Crippen molar-refractivity contribution in [3.8, 4) is 0 Å². The molecule has 1 heterocycles. The number of carboxylic acid groups (broad SMARTS) is 1. The van der Waals surface area contributed by atoms with Gasteiger partial charge in [0.15, 0.2) is 24.6 Å². The molecule has 12 nitrogen and oxygen atoms in total. The molecule has 3 N–H and O–H groups in total. The minimum absolute atomic E-state index is 0.0462. The zero-order valence-electron chi connectivity index (χ0n) is 49.0. The van der Waals surface area contributed by atoms with Crippen LogP contribution in [0.15, 0.2) is 60.8 Å². The number of aliphatic hydroxyl groups excluding tert-OH is 2. The van der Waals surface area contributed by atoms with E-state index in [0.717, 1.165) is 103 Å². The van der Waals surface area contributed by atoms with Crippen molar-refractivity contribution < 1.29 is 58.2 Å². The highest BCUT2D eigenvalue weighted by molar-refractivity contribution is 5.74. The Morgan fingerprint density at radius 1 is 0.429 bits per heavy atom. The van der Waals surface area contributed by atoms with E-state index in [0.29, 0.717) is 19.3 Å². The van der Waals surface area contributed by atoms with Crippen LogP contribution in [0.25, 0.3) is 0 Å². The van der Waals surface area contributed by atoms with Gasteiger partial charge >= 0.3 is 23.9 Å². The first-order chi connectivity index (χ1) is 37.6. The number of unbranched alkanes of at least 4 members (excludes halogenated alkanes) is 29. The molecule has 1 aliphatic heterocycles. The van der Waals surface area contributed by atoms with E-state index in [1.807, 2.05) is 0 Å². The van der Waals surface area contributed by atoms with Gasteiger partial charge in [-0.05, 0) is 89.9 Å². The molecule has 1 saturated heterocycles. The Morgan fingerprint density at radius 2 is 0.779 bits per heavy atom. The lowest BCUT2D eigenvalue weighted by molar-refractivity contribution is -0.301. The first kappa shape index (κ1) is 71.4. The lowest BCUT2D eigenvalue weighted by Crippen LogP contribution is -2.61. The topological polar surface area (TPSA) is 175 Å². The van der Waals surface area contributed by atoms with E-state index in [1.54, 1.807) is 0 Å². The van der Waals surface area contributed by atoms with Crippen LogP contribution in [0.1, 0.15) is 278 Å². The smallest absolute Gasteiger partial charge is 0.335 e. The first-order valence-electron chi connectivity index (χ1n) is 31.3. The van der Waals surface area contributed by atoms with Gasteiger partial charge in [-0.15, -0.1) is 0 Å². The van der Waals surface area contributed by atoms with E-state index >= 15 is 0 Å². The number of carboxylic acids is 1. The third kappa shape index (κ3) is 43.0. The molecule has 6 atom stereocenters. The minimum atomic E-state index is -1.91. The molecule has 0 aromatic carbocycles. The van der Waals surface area contributed by atoms with Gasteiger partial charge in [-0.3, -0.25) is 14.4 Å². The van der Waals surface area contributed by atoms with Crippen LogP contribution in [-0.4, -0.2) is 89.2 Å². The second-order valence-corrected chi connectivity index (χ2v) is 21.3. The predicted octanol–water partition coefficient (Wildman–Crippen LogP) is 16.3. The van der Waals surface area contributed by atoms with Crippen LogP contribution in [0.5, 0.6) is 0 Å². The Kier molecular flexibility index (Phi) is 49.2. The number of carbonyl (C=O) groups is 4. The van der Waals surface area contributed by atoms with Gasteiger partial charge in [0, 0.05) is 19.3 Å². The Labute approximate surface area is 468 Å². The molecule has 0 radical (unpaired) electrons. The van der Waals surface area contributed by atoms with Gasteiger partial charge in [-0.25, -0.2) is 4.79 Å². The van der Waals surface area contributed by atoms with Crippen LogP contribution in [0.4, 0.5) is 0 Å². The molecule has 0 aliphatic carbocycles. The van der Waals surface area contributed by atoms with Gasteiger partial charge in [0.05, 0.1) is 6.61 Å². The average Bonchev–Trinajstić information content (AvgIpc) is 3.42. The third-order valence-corrected chi connectivity index (χ3v) is 14.1. The fraction of sp³-hybridized carbons (Fsp3) is 0.785. The van der Waals surface area contributed by atoms with Crippen molar-refractivity contribution in [3.05, 3.63) is 60.8 Å². The number of aliphatic carboxylic acids is 1. The summed E-state index contributed by atoms with van der Waals surface area (Å²) in [6.07, 6.45) is 53.3. The summed E-state index contributed by atoms with van der Waals surface area (Å²) >= 11 is 0. The van der Waals surface area contributed by atoms with Gasteiger partial charge in [0.1, 0.15) is 18.8 Å². The maximum Gasteiger partial charge on any atom is 0.335 e. The molecule has 77 heavy (non-hydrogen) atoms. The number of hydrogen-bond acceptors (Lipinski definition) is 11. The van der Waals surface area contributed by atoms with Crippen molar-refractivity contribution in [1.82, 2.24) is 0 Å². The van der Waals surface area contributed by atoms with E-state index in [-0.39, 0.29) is 25.9 Å². The Hall–Kier alpha value is -3.58. The van der Waals surface area contributed by atoms with Crippen molar-refractivity contribution in [2.75, 3.05) is 13.2 Å². The number of hydrogen-bond donors (Lipinski definition) is 3. The second kappa shape index (κ2) is 53.1. The Bertz CT molecular complexity index is 1570. The second-order valence-electron chi connectivity index (χ2n) is 21.3. The zero-order chi connectivity index (χ0) is 56.1. The van der Waals surface area contributed by atoms with E-state index in [4.69, 9.17) is 23.7 Å². The Balaban J connectivity index is 2.61. The summed E-state index contributed by atoms with van der Waals surface area (Å²) in [5.74, 6) is -3.13. The summed E-state index contributed by atoms with van der Waals surface area (Å²) in [5.41, 5.74) is 0. The molecule has 444 valence electrons. The SMILES string of the molecule is CCCCC/C=C\C/C=C\C/C=C\CCCCCCCCC(=O)OC1C(OCC(COC(=O)CCCCCCCCCCC/C=C\C/C=C\CCCCC)OC(=O)CCCCCCCCCCC)OC(C(=O)O)C(O)C1O. The molecule has 0 amide bonds. The van der Waals surface area contributed by atoms with Crippen molar-refractivity contribution in [2.45, 2.75) is 314 Å². The maximum absolute atomic E-state index is 13.1. The molecule has 1 rings (SSSR count). The predicted molar refractivity (Wildman–Crippen MR) is 312 cm³/mol. The fourth-order valence-electron chi connectivity index (χ4n) is 9.23. The van der Waals surface area contributed by atoms with Gasteiger partial charge < -0.3 is 39.0 Å². The molecule has 0 saturated carbocycles. The van der Waals surface area contributed by atoms with E-state index in [2.05, 4.69) is 81.5 Å². The molecule has 0 aromatic heterocycles. The van der Waals surface area contributed by atoms with Gasteiger partial charge in [0.2, 0.25) is 0 Å². The van der Waals surface area contributed by atoms with Crippen molar-refractivity contribution in [1.29, 1.82) is 0 Å². The highest BCUT2D eigenvalue weighted by atomic mass is 16.7. The maximum atomic E-state index is 13.1. The van der Waals surface area contributed by atoms with E-state index < -0.39 is 67.3 Å². The van der Waals surface area contributed by atoms with Crippen molar-refractivity contribution in [3.63, 3.8) is 0 Å². The molecule has 12 heteroatoms. The summed E-state index contributed by atoms with van der Waals surface area (Å²) in [7, 11) is 0. The van der Waals surface area contributed by atoms with E-state index in [9.17, 15) is 34.5 Å². The normalized spacial score (nSPS) is 18.4. The standard InChI is InChI=1S/C65H112O12/c1-4-7-10-13-16-19-21-23-25-27-29-31-33-35-37-40-42-45-48-51-57(66)73-54-56(75-58(67)52-49-46-43-39-18-15-12-9-6-3)55-74-65-63(61(70)60(69)62(77-65)64(71)72)76-59(68)53-50-47-44-41-38-36-34-32-30-28-26-24-22-20-17-14-11-8-5-2/h16-17,19-20,23-26,30,32,56,60-63,65,69-70H,4-15,18,21-22,27-29,31,33-55H2,1-3H3,(H,71,72)/b19-16-,20-17-,25-23-,26-24-,32-30-. The molecule has 1 fully saturated rings. The summed E-state index contributed by atoms with van der Waals surface area (Å²) < 4.78 is 28.4.